The maximum Gasteiger partial charge on any atom is 0.155 e. The molecule has 0 saturated carbocycles. The summed E-state index contributed by atoms with van der Waals surface area (Å²) in [6, 6.07) is 0. The summed E-state index contributed by atoms with van der Waals surface area (Å²) in [5, 5.41) is 8.85. The van der Waals surface area contributed by atoms with Crippen molar-refractivity contribution in [3.8, 4) is 0 Å². The van der Waals surface area contributed by atoms with Crippen molar-refractivity contribution in [1.82, 2.24) is 0 Å². The molecule has 0 spiro atoms. The van der Waals surface area contributed by atoms with Gasteiger partial charge in [-0.1, -0.05) is 6.92 Å². The second-order valence-electron chi connectivity index (χ2n) is 2.51. The van der Waals surface area contributed by atoms with Gasteiger partial charge in [-0.3, -0.25) is 0 Å². The van der Waals surface area contributed by atoms with Gasteiger partial charge in [-0.05, 0) is 12.8 Å². The van der Waals surface area contributed by atoms with Gasteiger partial charge in [0.1, 0.15) is 0 Å². The molecule has 0 bridgehead atoms. The van der Waals surface area contributed by atoms with E-state index >= 15 is 0 Å². The molecule has 1 saturated heterocycles. The van der Waals surface area contributed by atoms with Crippen molar-refractivity contribution in [1.29, 1.82) is 0 Å². The summed E-state index contributed by atoms with van der Waals surface area (Å²) in [7, 11) is 0. The average molecular weight is 116 g/mol. The maximum absolute atomic E-state index is 8.85. The van der Waals surface area contributed by atoms with Crippen LogP contribution >= 0.6 is 0 Å². The zero-order valence-electron chi connectivity index (χ0n) is 5.29. The van der Waals surface area contributed by atoms with Gasteiger partial charge >= 0.3 is 0 Å². The molecule has 1 rings (SSSR count). The fourth-order valence-corrected chi connectivity index (χ4v) is 0.947. The Morgan fingerprint density at radius 1 is 1.50 bits per heavy atom. The molecule has 1 N–H and O–H groups in total. The minimum absolute atomic E-state index is 0.241. The van der Waals surface area contributed by atoms with Crippen LogP contribution in [0.5, 0.6) is 0 Å². The van der Waals surface area contributed by atoms with Gasteiger partial charge in [-0.15, -0.1) is 0 Å². The molecule has 0 aromatic heterocycles. The first kappa shape index (κ1) is 6.05. The Balaban J connectivity index is 2.39. The number of rotatable bonds is 0. The minimum Gasteiger partial charge on any atom is -0.368 e. The SMILES string of the molecule is C[C@H]1CC(O)O[C@@H]1C. The van der Waals surface area contributed by atoms with E-state index in [1.807, 2.05) is 6.92 Å². The van der Waals surface area contributed by atoms with E-state index in [-0.39, 0.29) is 6.10 Å². The summed E-state index contributed by atoms with van der Waals surface area (Å²) in [6.07, 6.45) is 0.534. The normalized spacial score (nSPS) is 47.6. The Bertz CT molecular complexity index is 72.6. The van der Waals surface area contributed by atoms with Crippen LogP contribution in [0.1, 0.15) is 20.3 Å². The van der Waals surface area contributed by atoms with Crippen molar-refractivity contribution in [2.75, 3.05) is 0 Å². The molecule has 0 aliphatic carbocycles. The molecule has 2 heteroatoms. The summed E-state index contributed by atoms with van der Waals surface area (Å²) in [6.45, 7) is 4.07. The van der Waals surface area contributed by atoms with Crippen molar-refractivity contribution in [2.24, 2.45) is 5.92 Å². The third kappa shape index (κ3) is 1.01. The highest BCUT2D eigenvalue weighted by molar-refractivity contribution is 4.69. The quantitative estimate of drug-likeness (QED) is 0.506. The monoisotopic (exact) mass is 116 g/mol. The third-order valence-corrected chi connectivity index (χ3v) is 1.75. The van der Waals surface area contributed by atoms with Gasteiger partial charge in [0, 0.05) is 6.42 Å². The van der Waals surface area contributed by atoms with Crippen LogP contribution in [0.2, 0.25) is 0 Å². The molecule has 0 radical (unpaired) electrons. The van der Waals surface area contributed by atoms with Crippen molar-refractivity contribution in [3.05, 3.63) is 0 Å². The van der Waals surface area contributed by atoms with Crippen molar-refractivity contribution in [2.45, 2.75) is 32.7 Å². The first-order chi connectivity index (χ1) is 3.70. The summed E-state index contributed by atoms with van der Waals surface area (Å²) >= 11 is 0. The van der Waals surface area contributed by atoms with Gasteiger partial charge in [-0.25, -0.2) is 0 Å². The lowest BCUT2D eigenvalue weighted by molar-refractivity contribution is -0.0863. The molecular formula is C6H12O2. The smallest absolute Gasteiger partial charge is 0.155 e. The van der Waals surface area contributed by atoms with Gasteiger partial charge in [0.05, 0.1) is 6.10 Å². The molecule has 8 heavy (non-hydrogen) atoms. The van der Waals surface area contributed by atoms with E-state index in [1.165, 1.54) is 0 Å². The summed E-state index contributed by atoms with van der Waals surface area (Å²) < 4.78 is 5.03. The number of aliphatic hydroxyl groups excluding tert-OH is 1. The highest BCUT2D eigenvalue weighted by Crippen LogP contribution is 2.23. The molecule has 0 aromatic carbocycles. The minimum atomic E-state index is -0.500. The van der Waals surface area contributed by atoms with Crippen LogP contribution in [0.3, 0.4) is 0 Å². The van der Waals surface area contributed by atoms with Crippen molar-refractivity contribution >= 4 is 0 Å². The van der Waals surface area contributed by atoms with Crippen LogP contribution < -0.4 is 0 Å². The van der Waals surface area contributed by atoms with Gasteiger partial charge in [0.2, 0.25) is 0 Å². The van der Waals surface area contributed by atoms with E-state index in [4.69, 9.17) is 9.84 Å². The lowest BCUT2D eigenvalue weighted by Gasteiger charge is -2.04. The molecule has 0 amide bonds. The number of hydrogen-bond donors (Lipinski definition) is 1. The summed E-state index contributed by atoms with van der Waals surface area (Å²) in [5.41, 5.74) is 0. The van der Waals surface area contributed by atoms with Crippen LogP contribution in [0.15, 0.2) is 0 Å². The molecule has 3 atom stereocenters. The Hall–Kier alpha value is -0.0800. The third-order valence-electron chi connectivity index (χ3n) is 1.75. The first-order valence-corrected chi connectivity index (χ1v) is 3.03. The molecule has 0 aromatic rings. The molecule has 1 heterocycles. The van der Waals surface area contributed by atoms with E-state index in [9.17, 15) is 0 Å². The molecule has 1 aliphatic rings. The van der Waals surface area contributed by atoms with Gasteiger partial charge < -0.3 is 9.84 Å². The van der Waals surface area contributed by atoms with Crippen LogP contribution in [-0.2, 0) is 4.74 Å². The van der Waals surface area contributed by atoms with Gasteiger partial charge in [0.15, 0.2) is 6.29 Å². The fraction of sp³-hybridized carbons (Fsp3) is 1.00. The predicted octanol–water partition coefficient (Wildman–Crippen LogP) is 0.750. The number of ether oxygens (including phenoxy) is 1. The number of hydrogen-bond acceptors (Lipinski definition) is 2. The van der Waals surface area contributed by atoms with Crippen molar-refractivity contribution in [3.63, 3.8) is 0 Å². The van der Waals surface area contributed by atoms with E-state index in [2.05, 4.69) is 6.92 Å². The van der Waals surface area contributed by atoms with Gasteiger partial charge in [0.25, 0.3) is 0 Å². The highest BCUT2D eigenvalue weighted by atomic mass is 16.6. The number of aliphatic hydroxyl groups is 1. The Kier molecular flexibility index (Phi) is 1.54. The molecule has 1 aliphatic heterocycles. The summed E-state index contributed by atoms with van der Waals surface area (Å²) in [5.74, 6) is 0.519. The molecule has 2 nitrogen and oxygen atoms in total. The molecular weight excluding hydrogens is 104 g/mol. The second-order valence-corrected chi connectivity index (χ2v) is 2.51. The van der Waals surface area contributed by atoms with E-state index in [0.29, 0.717) is 5.92 Å². The topological polar surface area (TPSA) is 29.5 Å². The second kappa shape index (κ2) is 2.03. The maximum atomic E-state index is 8.85. The lowest BCUT2D eigenvalue weighted by Crippen LogP contribution is -2.07. The average Bonchev–Trinajstić information content (AvgIpc) is 1.85. The summed E-state index contributed by atoms with van der Waals surface area (Å²) in [4.78, 5) is 0. The molecule has 48 valence electrons. The standard InChI is InChI=1S/C6H12O2/c1-4-3-6(7)8-5(4)2/h4-7H,3H2,1-2H3/t4-,5+,6?/m0/s1. The van der Waals surface area contributed by atoms with E-state index < -0.39 is 6.29 Å². The van der Waals surface area contributed by atoms with Gasteiger partial charge in [-0.2, -0.15) is 0 Å². The fourth-order valence-electron chi connectivity index (χ4n) is 0.947. The molecule has 1 unspecified atom stereocenters. The van der Waals surface area contributed by atoms with Crippen LogP contribution in [-0.4, -0.2) is 17.5 Å². The lowest BCUT2D eigenvalue weighted by atomic mass is 10.1. The Labute approximate surface area is 49.5 Å². The van der Waals surface area contributed by atoms with Crippen LogP contribution in [0.25, 0.3) is 0 Å². The zero-order valence-corrected chi connectivity index (χ0v) is 5.29. The Morgan fingerprint density at radius 3 is 2.25 bits per heavy atom. The van der Waals surface area contributed by atoms with E-state index in [1.54, 1.807) is 0 Å². The highest BCUT2D eigenvalue weighted by Gasteiger charge is 2.26. The van der Waals surface area contributed by atoms with E-state index in [0.717, 1.165) is 6.42 Å². The first-order valence-electron chi connectivity index (χ1n) is 3.03. The molecule has 1 fully saturated rings. The Morgan fingerprint density at radius 2 is 2.12 bits per heavy atom. The predicted molar refractivity (Wildman–Crippen MR) is 30.3 cm³/mol. The van der Waals surface area contributed by atoms with Crippen LogP contribution in [0.4, 0.5) is 0 Å². The largest absolute Gasteiger partial charge is 0.368 e. The van der Waals surface area contributed by atoms with Crippen molar-refractivity contribution < 1.29 is 9.84 Å². The zero-order chi connectivity index (χ0) is 6.15. The van der Waals surface area contributed by atoms with Crippen LogP contribution in [0, 0.1) is 5.92 Å².